The first-order valence-electron chi connectivity index (χ1n) is 6.25. The fraction of sp³-hybridized carbons (Fsp3) is 0.692. The number of anilines is 1. The maximum atomic E-state index is 5.47. The fourth-order valence-corrected chi connectivity index (χ4v) is 1.81. The highest BCUT2D eigenvalue weighted by Gasteiger charge is 2.19. The summed E-state index contributed by atoms with van der Waals surface area (Å²) in [6.45, 7) is 7.51. The molecule has 1 unspecified atom stereocenters. The van der Waals surface area contributed by atoms with E-state index in [0.717, 1.165) is 18.1 Å². The first kappa shape index (κ1) is 14.9. The van der Waals surface area contributed by atoms with Gasteiger partial charge in [0, 0.05) is 26.8 Å². The van der Waals surface area contributed by atoms with Gasteiger partial charge in [-0.25, -0.2) is 9.97 Å². The summed E-state index contributed by atoms with van der Waals surface area (Å²) in [5, 5.41) is 3.20. The molecule has 1 rings (SSSR count). The molecule has 1 aromatic rings. The van der Waals surface area contributed by atoms with Gasteiger partial charge in [0.25, 0.3) is 0 Å². The quantitative estimate of drug-likeness (QED) is 0.808. The summed E-state index contributed by atoms with van der Waals surface area (Å²) in [6, 6.07) is 1.91. The summed E-state index contributed by atoms with van der Waals surface area (Å²) in [4.78, 5) is 8.99. The third-order valence-corrected chi connectivity index (χ3v) is 2.56. The summed E-state index contributed by atoms with van der Waals surface area (Å²) in [6.07, 6.45) is -0.0980. The Bertz CT molecular complexity index is 345. The molecule has 0 saturated carbocycles. The van der Waals surface area contributed by atoms with E-state index >= 15 is 0 Å². The second-order valence-electron chi connectivity index (χ2n) is 4.47. The van der Waals surface area contributed by atoms with E-state index in [1.54, 1.807) is 14.2 Å². The number of nitrogens with zero attached hydrogens (tertiary/aromatic N) is 2. The lowest BCUT2D eigenvalue weighted by Crippen LogP contribution is -2.15. The molecular formula is C13H23N3O2. The highest BCUT2D eigenvalue weighted by molar-refractivity contribution is 5.36. The maximum absolute atomic E-state index is 5.47. The van der Waals surface area contributed by atoms with Gasteiger partial charge in [-0.05, 0) is 12.8 Å². The highest BCUT2D eigenvalue weighted by atomic mass is 16.5. The number of methoxy groups -OCH3 is 2. The molecule has 0 amide bonds. The van der Waals surface area contributed by atoms with Crippen molar-refractivity contribution < 1.29 is 9.47 Å². The van der Waals surface area contributed by atoms with Gasteiger partial charge in [-0.2, -0.15) is 0 Å². The molecule has 0 aliphatic heterocycles. The number of nitrogens with one attached hydrogen (secondary N) is 1. The Morgan fingerprint density at radius 2 is 2.00 bits per heavy atom. The molecule has 0 fully saturated rings. The second-order valence-corrected chi connectivity index (χ2v) is 4.47. The average Bonchev–Trinajstić information content (AvgIpc) is 2.30. The van der Waals surface area contributed by atoms with Crippen molar-refractivity contribution in [2.24, 2.45) is 5.92 Å². The lowest BCUT2D eigenvalue weighted by molar-refractivity contribution is 0.0569. The number of aromatic nitrogens is 2. The molecule has 0 aliphatic carbocycles. The summed E-state index contributed by atoms with van der Waals surface area (Å²) in [5.41, 5.74) is 0.862. The molecule has 0 aromatic carbocycles. The molecule has 0 saturated heterocycles. The van der Waals surface area contributed by atoms with Gasteiger partial charge in [0.15, 0.2) is 5.82 Å². The van der Waals surface area contributed by atoms with Crippen LogP contribution < -0.4 is 5.32 Å². The largest absolute Gasteiger partial charge is 0.378 e. The van der Waals surface area contributed by atoms with E-state index in [1.807, 2.05) is 13.0 Å². The van der Waals surface area contributed by atoms with Gasteiger partial charge >= 0.3 is 0 Å². The topological polar surface area (TPSA) is 56.3 Å². The van der Waals surface area contributed by atoms with Crippen LogP contribution in [0.15, 0.2) is 6.07 Å². The van der Waals surface area contributed by atoms with E-state index in [9.17, 15) is 0 Å². The standard InChI is InChI=1S/C13H23N3O2/c1-6-14-11-7-10(8-17-4)15-13(16-11)12(18-5)9(2)3/h7,9,12H,6,8H2,1-5H3,(H,14,15,16). The molecule has 102 valence electrons. The summed E-state index contributed by atoms with van der Waals surface area (Å²) in [7, 11) is 3.34. The monoisotopic (exact) mass is 253 g/mol. The minimum atomic E-state index is -0.0980. The Labute approximate surface area is 109 Å². The zero-order chi connectivity index (χ0) is 13.5. The zero-order valence-corrected chi connectivity index (χ0v) is 11.9. The van der Waals surface area contributed by atoms with E-state index in [1.165, 1.54) is 0 Å². The van der Waals surface area contributed by atoms with Crippen LogP contribution in [-0.4, -0.2) is 30.7 Å². The van der Waals surface area contributed by atoms with Crippen LogP contribution in [0.25, 0.3) is 0 Å². The van der Waals surface area contributed by atoms with Crippen LogP contribution in [0, 0.1) is 5.92 Å². The van der Waals surface area contributed by atoms with Crippen LogP contribution in [0.4, 0.5) is 5.82 Å². The summed E-state index contributed by atoms with van der Waals surface area (Å²) >= 11 is 0. The van der Waals surface area contributed by atoms with Gasteiger partial charge in [-0.3, -0.25) is 0 Å². The number of hydrogen-bond donors (Lipinski definition) is 1. The molecule has 1 heterocycles. The third kappa shape index (κ3) is 3.92. The summed E-state index contributed by atoms with van der Waals surface area (Å²) < 4.78 is 10.6. The lowest BCUT2D eigenvalue weighted by atomic mass is 10.1. The molecule has 5 heteroatoms. The maximum Gasteiger partial charge on any atom is 0.160 e. The second kappa shape index (κ2) is 7.28. The van der Waals surface area contributed by atoms with E-state index in [4.69, 9.17) is 9.47 Å². The first-order valence-corrected chi connectivity index (χ1v) is 6.25. The van der Waals surface area contributed by atoms with Crippen molar-refractivity contribution >= 4 is 5.82 Å². The zero-order valence-electron chi connectivity index (χ0n) is 11.9. The predicted octanol–water partition coefficient (Wildman–Crippen LogP) is 2.40. The van der Waals surface area contributed by atoms with Gasteiger partial charge in [-0.15, -0.1) is 0 Å². The fourth-order valence-electron chi connectivity index (χ4n) is 1.81. The Hall–Kier alpha value is -1.20. The number of ether oxygens (including phenoxy) is 2. The van der Waals surface area contributed by atoms with Crippen molar-refractivity contribution in [2.45, 2.75) is 33.5 Å². The molecule has 0 aliphatic rings. The van der Waals surface area contributed by atoms with Gasteiger partial charge in [0.05, 0.1) is 12.3 Å². The van der Waals surface area contributed by atoms with Crippen LogP contribution in [0.5, 0.6) is 0 Å². The van der Waals surface area contributed by atoms with E-state index in [-0.39, 0.29) is 6.10 Å². The Kier molecular flexibility index (Phi) is 6.01. The van der Waals surface area contributed by atoms with Crippen molar-refractivity contribution in [2.75, 3.05) is 26.1 Å². The molecule has 0 spiro atoms. The smallest absolute Gasteiger partial charge is 0.160 e. The molecule has 18 heavy (non-hydrogen) atoms. The van der Waals surface area contributed by atoms with E-state index < -0.39 is 0 Å². The van der Waals surface area contributed by atoms with Crippen molar-refractivity contribution in [3.8, 4) is 0 Å². The van der Waals surface area contributed by atoms with Crippen molar-refractivity contribution in [3.63, 3.8) is 0 Å². The van der Waals surface area contributed by atoms with Crippen LogP contribution in [0.1, 0.15) is 38.4 Å². The number of hydrogen-bond acceptors (Lipinski definition) is 5. The van der Waals surface area contributed by atoms with Gasteiger partial charge in [0.2, 0.25) is 0 Å². The van der Waals surface area contributed by atoms with E-state index in [2.05, 4.69) is 29.1 Å². The third-order valence-electron chi connectivity index (χ3n) is 2.56. The Morgan fingerprint density at radius 3 is 2.50 bits per heavy atom. The van der Waals surface area contributed by atoms with Crippen LogP contribution in [0.2, 0.25) is 0 Å². The minimum absolute atomic E-state index is 0.0980. The molecule has 0 bridgehead atoms. The lowest BCUT2D eigenvalue weighted by Gasteiger charge is -2.19. The minimum Gasteiger partial charge on any atom is -0.378 e. The van der Waals surface area contributed by atoms with Crippen LogP contribution >= 0.6 is 0 Å². The van der Waals surface area contributed by atoms with E-state index in [0.29, 0.717) is 18.3 Å². The predicted molar refractivity (Wildman–Crippen MR) is 71.5 cm³/mol. The Balaban J connectivity index is 3.08. The van der Waals surface area contributed by atoms with Crippen molar-refractivity contribution in [1.82, 2.24) is 9.97 Å². The molecule has 1 N–H and O–H groups in total. The number of rotatable bonds is 7. The van der Waals surface area contributed by atoms with Gasteiger partial charge in [0.1, 0.15) is 11.9 Å². The first-order chi connectivity index (χ1) is 8.62. The average molecular weight is 253 g/mol. The van der Waals surface area contributed by atoms with Crippen LogP contribution in [0.3, 0.4) is 0 Å². The Morgan fingerprint density at radius 1 is 1.28 bits per heavy atom. The van der Waals surface area contributed by atoms with Crippen molar-refractivity contribution in [3.05, 3.63) is 17.6 Å². The molecule has 0 radical (unpaired) electrons. The van der Waals surface area contributed by atoms with Crippen molar-refractivity contribution in [1.29, 1.82) is 0 Å². The van der Waals surface area contributed by atoms with Gasteiger partial charge < -0.3 is 14.8 Å². The molecule has 1 atom stereocenters. The van der Waals surface area contributed by atoms with Crippen LogP contribution in [-0.2, 0) is 16.1 Å². The molecule has 1 aromatic heterocycles. The SMILES string of the molecule is CCNc1cc(COC)nc(C(OC)C(C)C)n1. The molecule has 5 nitrogen and oxygen atoms in total. The molecular weight excluding hydrogens is 230 g/mol. The normalized spacial score (nSPS) is 12.8. The van der Waals surface area contributed by atoms with Gasteiger partial charge in [-0.1, -0.05) is 13.8 Å². The summed E-state index contributed by atoms with van der Waals surface area (Å²) in [5.74, 6) is 1.84. The highest BCUT2D eigenvalue weighted by Crippen LogP contribution is 2.23.